The molecule has 2 aromatic rings. The van der Waals surface area contributed by atoms with Crippen molar-refractivity contribution in [2.75, 3.05) is 5.73 Å². The second-order valence-corrected chi connectivity index (χ2v) is 5.14. The van der Waals surface area contributed by atoms with Crippen molar-refractivity contribution in [3.63, 3.8) is 0 Å². The molecule has 0 fully saturated rings. The first-order valence-electron chi connectivity index (χ1n) is 5.76. The summed E-state index contributed by atoms with van der Waals surface area (Å²) in [5.41, 5.74) is 9.40. The maximum atomic E-state index is 11.1. The maximum Gasteiger partial charge on any atom is 0.348 e. The van der Waals surface area contributed by atoms with Crippen LogP contribution in [-0.4, -0.2) is 11.1 Å². The van der Waals surface area contributed by atoms with Gasteiger partial charge in [0.25, 0.3) is 0 Å². The standard InChI is InChI=1S/C14H15NO2S/c1-3-9-6-4-5-7-10(9)12-8(2)11(15)13(18-12)14(16)17/h4-7H,3,15H2,1-2H3,(H,16,17). The maximum absolute atomic E-state index is 11.1. The minimum Gasteiger partial charge on any atom is -0.477 e. The highest BCUT2D eigenvalue weighted by Gasteiger charge is 2.19. The molecule has 0 radical (unpaired) electrons. The fourth-order valence-electron chi connectivity index (χ4n) is 1.99. The Bertz CT molecular complexity index is 602. The van der Waals surface area contributed by atoms with Crippen LogP contribution in [-0.2, 0) is 6.42 Å². The molecule has 0 spiro atoms. The summed E-state index contributed by atoms with van der Waals surface area (Å²) < 4.78 is 0. The lowest BCUT2D eigenvalue weighted by Crippen LogP contribution is -1.97. The van der Waals surface area contributed by atoms with Gasteiger partial charge in [0.15, 0.2) is 0 Å². The molecule has 1 aromatic heterocycles. The van der Waals surface area contributed by atoms with Gasteiger partial charge in [0.05, 0.1) is 5.69 Å². The third-order valence-electron chi connectivity index (χ3n) is 3.03. The van der Waals surface area contributed by atoms with Gasteiger partial charge in [-0.05, 0) is 30.0 Å². The van der Waals surface area contributed by atoms with E-state index in [0.29, 0.717) is 5.69 Å². The monoisotopic (exact) mass is 261 g/mol. The number of thiophene rings is 1. The largest absolute Gasteiger partial charge is 0.477 e. The lowest BCUT2D eigenvalue weighted by molar-refractivity contribution is 0.0703. The molecule has 2 rings (SSSR count). The summed E-state index contributed by atoms with van der Waals surface area (Å²) in [6.07, 6.45) is 0.913. The van der Waals surface area contributed by atoms with Crippen LogP contribution in [0.1, 0.15) is 27.7 Å². The van der Waals surface area contributed by atoms with Crippen molar-refractivity contribution < 1.29 is 9.90 Å². The second kappa shape index (κ2) is 4.82. The van der Waals surface area contributed by atoms with Gasteiger partial charge in [-0.1, -0.05) is 31.2 Å². The summed E-state index contributed by atoms with van der Waals surface area (Å²) in [6, 6.07) is 8.03. The van der Waals surface area contributed by atoms with Crippen molar-refractivity contribution in [3.05, 3.63) is 40.3 Å². The summed E-state index contributed by atoms with van der Waals surface area (Å²) in [6.45, 7) is 3.96. The molecule has 0 aliphatic carbocycles. The van der Waals surface area contributed by atoms with E-state index in [4.69, 9.17) is 10.8 Å². The Kier molecular flexibility index (Phi) is 3.39. The minimum atomic E-state index is -0.958. The van der Waals surface area contributed by atoms with Crippen molar-refractivity contribution in [1.82, 2.24) is 0 Å². The molecule has 94 valence electrons. The van der Waals surface area contributed by atoms with Crippen LogP contribution in [0.25, 0.3) is 10.4 Å². The van der Waals surface area contributed by atoms with Crippen LogP contribution in [0.3, 0.4) is 0 Å². The molecular formula is C14H15NO2S. The number of carboxylic acids is 1. The first kappa shape index (κ1) is 12.6. The summed E-state index contributed by atoms with van der Waals surface area (Å²) in [5, 5.41) is 9.11. The zero-order valence-corrected chi connectivity index (χ0v) is 11.2. The zero-order chi connectivity index (χ0) is 13.3. The van der Waals surface area contributed by atoms with Crippen molar-refractivity contribution in [2.45, 2.75) is 20.3 Å². The molecule has 0 aliphatic heterocycles. The number of anilines is 1. The molecule has 0 saturated carbocycles. The average Bonchev–Trinajstić information content (AvgIpc) is 2.66. The highest BCUT2D eigenvalue weighted by molar-refractivity contribution is 7.18. The Labute approximate surface area is 110 Å². The molecular weight excluding hydrogens is 246 g/mol. The molecule has 3 nitrogen and oxygen atoms in total. The summed E-state index contributed by atoms with van der Waals surface area (Å²) >= 11 is 1.25. The van der Waals surface area contributed by atoms with E-state index in [1.807, 2.05) is 25.1 Å². The predicted molar refractivity (Wildman–Crippen MR) is 75.2 cm³/mol. The number of carboxylic acid groups (broad SMARTS) is 1. The topological polar surface area (TPSA) is 63.3 Å². The van der Waals surface area contributed by atoms with E-state index in [0.717, 1.165) is 22.4 Å². The fraction of sp³-hybridized carbons (Fsp3) is 0.214. The van der Waals surface area contributed by atoms with E-state index in [2.05, 4.69) is 13.0 Å². The van der Waals surface area contributed by atoms with Crippen molar-refractivity contribution in [2.24, 2.45) is 0 Å². The zero-order valence-electron chi connectivity index (χ0n) is 10.4. The van der Waals surface area contributed by atoms with Crippen LogP contribution in [0.4, 0.5) is 5.69 Å². The average molecular weight is 261 g/mol. The van der Waals surface area contributed by atoms with Gasteiger partial charge < -0.3 is 10.8 Å². The van der Waals surface area contributed by atoms with Crippen LogP contribution >= 0.6 is 11.3 Å². The number of nitrogen functional groups attached to an aromatic ring is 1. The van der Waals surface area contributed by atoms with Crippen molar-refractivity contribution >= 4 is 23.0 Å². The van der Waals surface area contributed by atoms with Gasteiger partial charge in [0, 0.05) is 4.88 Å². The van der Waals surface area contributed by atoms with E-state index in [-0.39, 0.29) is 4.88 Å². The molecule has 4 heteroatoms. The van der Waals surface area contributed by atoms with Crippen molar-refractivity contribution in [1.29, 1.82) is 0 Å². The smallest absolute Gasteiger partial charge is 0.348 e. The van der Waals surface area contributed by atoms with E-state index < -0.39 is 5.97 Å². The van der Waals surface area contributed by atoms with Gasteiger partial charge in [-0.2, -0.15) is 0 Å². The quantitative estimate of drug-likeness (QED) is 0.887. The van der Waals surface area contributed by atoms with Crippen LogP contribution in [0, 0.1) is 6.92 Å². The number of hydrogen-bond acceptors (Lipinski definition) is 3. The van der Waals surface area contributed by atoms with Crippen LogP contribution in [0.2, 0.25) is 0 Å². The summed E-state index contributed by atoms with van der Waals surface area (Å²) in [4.78, 5) is 12.3. The number of nitrogens with two attached hydrogens (primary N) is 1. The van der Waals surface area contributed by atoms with E-state index in [1.54, 1.807) is 0 Å². The van der Waals surface area contributed by atoms with Crippen LogP contribution in [0.15, 0.2) is 24.3 Å². The van der Waals surface area contributed by atoms with Gasteiger partial charge in [-0.25, -0.2) is 4.79 Å². The molecule has 1 heterocycles. The summed E-state index contributed by atoms with van der Waals surface area (Å²) in [5.74, 6) is -0.958. The van der Waals surface area contributed by atoms with Gasteiger partial charge in [0.2, 0.25) is 0 Å². The molecule has 0 saturated heterocycles. The first-order valence-corrected chi connectivity index (χ1v) is 6.58. The van der Waals surface area contributed by atoms with Crippen molar-refractivity contribution in [3.8, 4) is 10.4 Å². The number of aryl methyl sites for hydroxylation is 1. The fourth-order valence-corrected chi connectivity index (χ4v) is 3.12. The Balaban J connectivity index is 2.65. The molecule has 3 N–H and O–H groups in total. The number of carbonyl (C=O) groups is 1. The Morgan fingerprint density at radius 1 is 1.39 bits per heavy atom. The van der Waals surface area contributed by atoms with Gasteiger partial charge in [0.1, 0.15) is 4.88 Å². The molecule has 18 heavy (non-hydrogen) atoms. The number of benzene rings is 1. The third-order valence-corrected chi connectivity index (χ3v) is 4.36. The van der Waals surface area contributed by atoms with Gasteiger partial charge in [-0.3, -0.25) is 0 Å². The number of rotatable bonds is 3. The lowest BCUT2D eigenvalue weighted by atomic mass is 10.0. The van der Waals surface area contributed by atoms with Gasteiger partial charge >= 0.3 is 5.97 Å². The highest BCUT2D eigenvalue weighted by atomic mass is 32.1. The predicted octanol–water partition coefficient (Wildman–Crippen LogP) is 3.57. The molecule has 0 unspecified atom stereocenters. The Hall–Kier alpha value is -1.81. The van der Waals surface area contributed by atoms with E-state index >= 15 is 0 Å². The number of hydrogen-bond donors (Lipinski definition) is 2. The van der Waals surface area contributed by atoms with E-state index in [1.165, 1.54) is 16.9 Å². The lowest BCUT2D eigenvalue weighted by Gasteiger charge is -2.06. The van der Waals surface area contributed by atoms with E-state index in [9.17, 15) is 4.79 Å². The molecule has 0 aliphatic rings. The molecule has 0 atom stereocenters. The second-order valence-electron chi connectivity index (χ2n) is 4.11. The summed E-state index contributed by atoms with van der Waals surface area (Å²) in [7, 11) is 0. The highest BCUT2D eigenvalue weighted by Crippen LogP contribution is 2.39. The van der Waals surface area contributed by atoms with Crippen LogP contribution in [0.5, 0.6) is 0 Å². The van der Waals surface area contributed by atoms with Gasteiger partial charge in [-0.15, -0.1) is 11.3 Å². The molecule has 0 amide bonds. The SMILES string of the molecule is CCc1ccccc1-c1sc(C(=O)O)c(N)c1C. The molecule has 0 bridgehead atoms. The number of aromatic carboxylic acids is 1. The molecule has 1 aromatic carbocycles. The van der Waals surface area contributed by atoms with Crippen LogP contribution < -0.4 is 5.73 Å². The minimum absolute atomic E-state index is 0.230. The Morgan fingerprint density at radius 2 is 2.06 bits per heavy atom. The normalized spacial score (nSPS) is 10.6. The Morgan fingerprint density at radius 3 is 2.61 bits per heavy atom. The first-order chi connectivity index (χ1) is 8.56. The third kappa shape index (κ3) is 1.99.